The fourth-order valence-electron chi connectivity index (χ4n) is 3.65. The molecule has 1 unspecified atom stereocenters. The Kier molecular flexibility index (Phi) is 4.30. The Morgan fingerprint density at radius 1 is 1.21 bits per heavy atom. The van der Waals surface area contributed by atoms with Crippen molar-refractivity contribution in [3.05, 3.63) is 42.5 Å². The zero-order chi connectivity index (χ0) is 20.0. The smallest absolute Gasteiger partial charge is 0.321 e. The van der Waals surface area contributed by atoms with Crippen LogP contribution in [0.4, 0.5) is 25.0 Å². The van der Waals surface area contributed by atoms with Gasteiger partial charge in [-0.05, 0) is 37.1 Å². The highest BCUT2D eigenvalue weighted by atomic mass is 19.1. The number of pyridine rings is 1. The summed E-state index contributed by atoms with van der Waals surface area (Å²) < 4.78 is 29.2. The quantitative estimate of drug-likeness (QED) is 0.735. The number of rotatable bonds is 3. The van der Waals surface area contributed by atoms with E-state index in [2.05, 4.69) is 20.3 Å². The van der Waals surface area contributed by atoms with E-state index in [1.54, 1.807) is 12.4 Å². The third-order valence-electron chi connectivity index (χ3n) is 5.43. The van der Waals surface area contributed by atoms with E-state index in [9.17, 15) is 13.6 Å². The third kappa shape index (κ3) is 3.37. The van der Waals surface area contributed by atoms with Gasteiger partial charge in [0.1, 0.15) is 17.7 Å². The summed E-state index contributed by atoms with van der Waals surface area (Å²) in [6.07, 6.45) is 4.03. The molecule has 1 N–H and O–H groups in total. The lowest BCUT2D eigenvalue weighted by atomic mass is 10.2. The summed E-state index contributed by atoms with van der Waals surface area (Å²) in [7, 11) is 0. The van der Waals surface area contributed by atoms with Crippen LogP contribution in [0.3, 0.4) is 0 Å². The van der Waals surface area contributed by atoms with Gasteiger partial charge < -0.3 is 15.1 Å². The monoisotopic (exact) mass is 398 g/mol. The van der Waals surface area contributed by atoms with E-state index in [4.69, 9.17) is 0 Å². The van der Waals surface area contributed by atoms with Crippen LogP contribution in [-0.2, 0) is 0 Å². The Morgan fingerprint density at radius 2 is 2.07 bits per heavy atom. The number of benzene rings is 1. The molecule has 2 aliphatic rings. The van der Waals surface area contributed by atoms with Crippen LogP contribution in [0.1, 0.15) is 12.8 Å². The summed E-state index contributed by atoms with van der Waals surface area (Å²) in [5.41, 5.74) is 2.18. The second-order valence-corrected chi connectivity index (χ2v) is 7.45. The van der Waals surface area contributed by atoms with Crippen molar-refractivity contribution in [1.29, 1.82) is 0 Å². The third-order valence-corrected chi connectivity index (χ3v) is 5.43. The lowest BCUT2D eigenvalue weighted by Gasteiger charge is -2.32. The number of alkyl halides is 1. The zero-order valence-corrected chi connectivity index (χ0v) is 15.7. The molecule has 0 spiro atoms. The molecule has 0 saturated carbocycles. The topological polar surface area (TPSA) is 66.3 Å². The van der Waals surface area contributed by atoms with Crippen LogP contribution in [0.25, 0.3) is 16.7 Å². The largest absolute Gasteiger partial charge is 0.370 e. The number of carbonyl (C=O) groups excluding carboxylic acids is 1. The highest BCUT2D eigenvalue weighted by molar-refractivity contribution is 5.90. The molecule has 2 aliphatic heterocycles. The van der Waals surface area contributed by atoms with Crippen LogP contribution < -0.4 is 10.2 Å². The second-order valence-electron chi connectivity index (χ2n) is 7.45. The maximum Gasteiger partial charge on any atom is 0.321 e. The first-order valence-corrected chi connectivity index (χ1v) is 9.67. The van der Waals surface area contributed by atoms with Crippen molar-refractivity contribution in [2.24, 2.45) is 0 Å². The number of urea groups is 1. The molecule has 4 heterocycles. The van der Waals surface area contributed by atoms with E-state index in [0.717, 1.165) is 24.2 Å². The summed E-state index contributed by atoms with van der Waals surface area (Å²) in [6, 6.07) is 5.86. The van der Waals surface area contributed by atoms with Crippen molar-refractivity contribution in [3.8, 4) is 5.69 Å². The van der Waals surface area contributed by atoms with Crippen LogP contribution in [0, 0.1) is 5.82 Å². The van der Waals surface area contributed by atoms with Gasteiger partial charge in [0.25, 0.3) is 0 Å². The second kappa shape index (κ2) is 6.98. The van der Waals surface area contributed by atoms with Gasteiger partial charge >= 0.3 is 6.03 Å². The molecule has 5 rings (SSSR count). The molecule has 2 saturated heterocycles. The van der Waals surface area contributed by atoms with E-state index in [1.807, 2.05) is 6.07 Å². The van der Waals surface area contributed by atoms with E-state index < -0.39 is 18.0 Å². The number of nitrogens with zero attached hydrogens (tertiary/aromatic N) is 5. The van der Waals surface area contributed by atoms with Gasteiger partial charge in [-0.3, -0.25) is 0 Å². The Hall–Kier alpha value is -3.23. The molecule has 29 heavy (non-hydrogen) atoms. The summed E-state index contributed by atoms with van der Waals surface area (Å²) in [6.45, 7) is 2.47. The Bertz CT molecular complexity index is 1080. The number of hydrogen-bond acceptors (Lipinski definition) is 4. The maximum atomic E-state index is 14.5. The maximum absolute atomic E-state index is 14.5. The van der Waals surface area contributed by atoms with Gasteiger partial charge in [0.2, 0.25) is 0 Å². The molecule has 7 nitrogen and oxygen atoms in total. The van der Waals surface area contributed by atoms with Gasteiger partial charge in [0, 0.05) is 36.9 Å². The molecule has 1 atom stereocenters. The Balaban J connectivity index is 1.41. The molecule has 1 aromatic carbocycles. The number of carbonyl (C=O) groups is 1. The van der Waals surface area contributed by atoms with Crippen molar-refractivity contribution in [3.63, 3.8) is 0 Å². The summed E-state index contributed by atoms with van der Waals surface area (Å²) in [5, 5.41) is 7.89. The van der Waals surface area contributed by atoms with Gasteiger partial charge in [-0.25, -0.2) is 23.2 Å². The van der Waals surface area contributed by atoms with E-state index >= 15 is 0 Å². The van der Waals surface area contributed by atoms with Gasteiger partial charge in [-0.15, -0.1) is 5.10 Å². The number of halogens is 2. The number of fused-ring (bicyclic) bond motifs is 1. The molecule has 9 heteroatoms. The van der Waals surface area contributed by atoms with Crippen LogP contribution >= 0.6 is 0 Å². The van der Waals surface area contributed by atoms with Gasteiger partial charge in [0.05, 0.1) is 18.4 Å². The number of nitrogens with one attached hydrogen (secondary N) is 1. The molecule has 2 fully saturated rings. The average molecular weight is 398 g/mol. The lowest BCUT2D eigenvalue weighted by molar-refractivity contribution is 0.218. The minimum Gasteiger partial charge on any atom is -0.370 e. The minimum absolute atomic E-state index is 0.0788. The number of aromatic nitrogens is 3. The Labute approximate surface area is 165 Å². The first-order valence-electron chi connectivity index (χ1n) is 9.67. The lowest BCUT2D eigenvalue weighted by Crippen LogP contribution is -2.36. The predicted molar refractivity (Wildman–Crippen MR) is 106 cm³/mol. The standard InChI is InChI=1S/C20H20F2N6O/c21-14-4-7-27(12-14)20(29)24-15-2-3-17(22)18(9-15)28-11-13-8-16(26-5-1-6-26)10-23-19(13)25-28/h2-3,8-11,14H,1,4-7,12H2,(H,24,29). The molecular formula is C20H20F2N6O. The molecule has 0 aliphatic carbocycles. The van der Waals surface area contributed by atoms with E-state index in [1.165, 1.54) is 34.2 Å². The molecular weight excluding hydrogens is 378 g/mol. The first kappa shape index (κ1) is 17.8. The van der Waals surface area contributed by atoms with Gasteiger partial charge in [-0.1, -0.05) is 0 Å². The van der Waals surface area contributed by atoms with Crippen LogP contribution in [0.2, 0.25) is 0 Å². The van der Waals surface area contributed by atoms with Crippen LogP contribution in [0.15, 0.2) is 36.7 Å². The van der Waals surface area contributed by atoms with E-state index in [0.29, 0.717) is 24.3 Å². The minimum atomic E-state index is -0.991. The number of anilines is 2. The molecule has 2 amide bonds. The summed E-state index contributed by atoms with van der Waals surface area (Å²) >= 11 is 0. The molecule has 0 radical (unpaired) electrons. The summed E-state index contributed by atoms with van der Waals surface area (Å²) in [4.78, 5) is 20.3. The SMILES string of the molecule is O=C(Nc1ccc(F)c(-n2cc3cc(N4CCC4)cnc3n2)c1)N1CCC(F)C1. The fraction of sp³-hybridized carbons (Fsp3) is 0.350. The van der Waals surface area contributed by atoms with Gasteiger partial charge in [-0.2, -0.15) is 0 Å². The number of likely N-dealkylation sites (tertiary alicyclic amines) is 1. The normalized spacial score (nSPS) is 18.9. The molecule has 150 valence electrons. The van der Waals surface area contributed by atoms with Crippen LogP contribution in [-0.4, -0.2) is 58.0 Å². The Morgan fingerprint density at radius 3 is 2.79 bits per heavy atom. The molecule has 3 aromatic rings. The number of amides is 2. The van der Waals surface area contributed by atoms with Crippen molar-refractivity contribution in [2.75, 3.05) is 36.4 Å². The molecule has 0 bridgehead atoms. The number of hydrogen-bond donors (Lipinski definition) is 1. The summed E-state index contributed by atoms with van der Waals surface area (Å²) in [5.74, 6) is -0.469. The highest BCUT2D eigenvalue weighted by Crippen LogP contribution is 2.25. The predicted octanol–water partition coefficient (Wildman–Crippen LogP) is 3.35. The van der Waals surface area contributed by atoms with Crippen molar-refractivity contribution in [2.45, 2.75) is 19.0 Å². The van der Waals surface area contributed by atoms with Crippen molar-refractivity contribution in [1.82, 2.24) is 19.7 Å². The van der Waals surface area contributed by atoms with Crippen molar-refractivity contribution < 1.29 is 13.6 Å². The average Bonchev–Trinajstić information content (AvgIpc) is 3.27. The molecule has 2 aromatic heterocycles. The van der Waals surface area contributed by atoms with Gasteiger partial charge in [0.15, 0.2) is 5.65 Å². The van der Waals surface area contributed by atoms with Crippen LogP contribution in [0.5, 0.6) is 0 Å². The van der Waals surface area contributed by atoms with Crippen molar-refractivity contribution >= 4 is 28.4 Å². The highest BCUT2D eigenvalue weighted by Gasteiger charge is 2.26. The zero-order valence-electron chi connectivity index (χ0n) is 15.7. The van der Waals surface area contributed by atoms with E-state index in [-0.39, 0.29) is 12.2 Å². The first-order chi connectivity index (χ1) is 14.1. The fourth-order valence-corrected chi connectivity index (χ4v) is 3.65.